The van der Waals surface area contributed by atoms with E-state index < -0.39 is 18.1 Å². The predicted molar refractivity (Wildman–Crippen MR) is 155 cm³/mol. The van der Waals surface area contributed by atoms with Gasteiger partial charge in [-0.25, -0.2) is 9.97 Å². The van der Waals surface area contributed by atoms with Crippen molar-refractivity contribution in [1.82, 2.24) is 25.5 Å². The average molecular weight is 591 g/mol. The molecule has 222 valence electrons. The lowest BCUT2D eigenvalue weighted by atomic mass is 9.74. The Morgan fingerprint density at radius 3 is 2.67 bits per heavy atom. The second kappa shape index (κ2) is 9.80. The van der Waals surface area contributed by atoms with Crippen LogP contribution in [0.2, 0.25) is 0 Å². The van der Waals surface area contributed by atoms with Gasteiger partial charge >= 0.3 is 0 Å². The van der Waals surface area contributed by atoms with Crippen LogP contribution in [0, 0.1) is 40.9 Å². The number of pyridine rings is 1. The van der Waals surface area contributed by atoms with Crippen molar-refractivity contribution in [2.24, 2.45) is 46.7 Å². The van der Waals surface area contributed by atoms with Gasteiger partial charge in [-0.2, -0.15) is 0 Å². The lowest BCUT2D eigenvalue weighted by Crippen LogP contribution is -2.59. The number of thiazole rings is 1. The molecule has 0 aromatic carbocycles. The maximum Gasteiger partial charge on any atom is 0.243 e. The molecule has 3 amide bonds. The number of fused-ring (bicyclic) bond motifs is 2. The molecule has 2 aromatic rings. The molecule has 4 bridgehead atoms. The van der Waals surface area contributed by atoms with Crippen molar-refractivity contribution < 1.29 is 19.2 Å². The molecule has 11 heteroatoms. The molecule has 8 atom stereocenters. The van der Waals surface area contributed by atoms with E-state index in [-0.39, 0.29) is 58.1 Å². The third kappa shape index (κ3) is 3.98. The van der Waals surface area contributed by atoms with Gasteiger partial charge in [-0.3, -0.25) is 19.2 Å². The zero-order chi connectivity index (χ0) is 28.7. The number of ketones is 1. The summed E-state index contributed by atoms with van der Waals surface area (Å²) in [6, 6.07) is 1.43. The third-order valence-corrected chi connectivity index (χ3v) is 13.0. The first-order chi connectivity index (χ1) is 20.3. The van der Waals surface area contributed by atoms with E-state index in [0.29, 0.717) is 47.6 Å². The number of nitrogens with two attached hydrogens (primary N) is 1. The van der Waals surface area contributed by atoms with E-state index in [2.05, 4.69) is 20.6 Å². The minimum Gasteiger partial charge on any atom is -0.356 e. The van der Waals surface area contributed by atoms with Crippen LogP contribution in [0.25, 0.3) is 10.3 Å². The van der Waals surface area contributed by atoms with E-state index in [1.165, 1.54) is 24.2 Å². The summed E-state index contributed by atoms with van der Waals surface area (Å²) >= 11 is 1.20. The number of carbonyl (C=O) groups is 4. The number of likely N-dealkylation sites (tertiary alicyclic amines) is 1. The largest absolute Gasteiger partial charge is 0.356 e. The van der Waals surface area contributed by atoms with E-state index >= 15 is 0 Å². The number of Topliss-reactive ketones (excluding diaryl/α,β-unsaturated/α-hetero) is 1. The van der Waals surface area contributed by atoms with E-state index in [0.717, 1.165) is 32.1 Å². The SMILES string of the molecule is NC(C(=O)N1C[C@@H]2CCC[C@@H]2[C@H]1C(=O)N[C@@H](C[C@@H]1CCNC1=O)C(=O)c1nc2cccnc2s1)C12CC3CC1CC3C2. The molecule has 0 radical (unpaired) electrons. The lowest BCUT2D eigenvalue weighted by Gasteiger charge is -2.38. The highest BCUT2D eigenvalue weighted by molar-refractivity contribution is 7.19. The Kier molecular flexibility index (Phi) is 6.23. The van der Waals surface area contributed by atoms with Gasteiger partial charge in [-0.05, 0) is 98.5 Å². The van der Waals surface area contributed by atoms with Crippen molar-refractivity contribution in [3.05, 3.63) is 23.3 Å². The first-order valence-corrected chi connectivity index (χ1v) is 16.5. The highest BCUT2D eigenvalue weighted by Gasteiger charge is 2.67. The summed E-state index contributed by atoms with van der Waals surface area (Å²) in [7, 11) is 0. The number of aromatic nitrogens is 2. The molecule has 42 heavy (non-hydrogen) atoms. The van der Waals surface area contributed by atoms with Crippen LogP contribution in [0.5, 0.6) is 0 Å². The van der Waals surface area contributed by atoms with Gasteiger partial charge in [0.2, 0.25) is 23.5 Å². The van der Waals surface area contributed by atoms with Crippen LogP contribution in [0.1, 0.15) is 67.6 Å². The first kappa shape index (κ1) is 26.7. The van der Waals surface area contributed by atoms with E-state index in [9.17, 15) is 19.2 Å². The molecule has 2 saturated heterocycles. The number of hydrogen-bond donors (Lipinski definition) is 3. The molecule has 0 spiro atoms. The molecule has 7 aliphatic rings. The summed E-state index contributed by atoms with van der Waals surface area (Å²) in [5, 5.41) is 6.15. The van der Waals surface area contributed by atoms with Crippen molar-refractivity contribution in [3.8, 4) is 0 Å². The van der Waals surface area contributed by atoms with Gasteiger partial charge in [0, 0.05) is 25.2 Å². The number of rotatable bonds is 8. The molecule has 4 N–H and O–H groups in total. The van der Waals surface area contributed by atoms with Crippen LogP contribution in [0.3, 0.4) is 0 Å². The number of nitrogens with one attached hydrogen (secondary N) is 2. The van der Waals surface area contributed by atoms with Gasteiger partial charge in [0.25, 0.3) is 0 Å². The summed E-state index contributed by atoms with van der Waals surface area (Å²) in [6.07, 6.45) is 9.86. The van der Waals surface area contributed by atoms with E-state index in [4.69, 9.17) is 5.73 Å². The fraction of sp³-hybridized carbons (Fsp3) is 0.677. The highest BCUT2D eigenvalue weighted by atomic mass is 32.1. The summed E-state index contributed by atoms with van der Waals surface area (Å²) in [5.41, 5.74) is 7.37. The van der Waals surface area contributed by atoms with Crippen molar-refractivity contribution in [3.63, 3.8) is 0 Å². The van der Waals surface area contributed by atoms with Crippen LogP contribution in [0.15, 0.2) is 18.3 Å². The minimum atomic E-state index is -0.922. The van der Waals surface area contributed by atoms with Gasteiger partial charge in [0.1, 0.15) is 16.4 Å². The lowest BCUT2D eigenvalue weighted by molar-refractivity contribution is -0.143. The van der Waals surface area contributed by atoms with Crippen LogP contribution >= 0.6 is 11.3 Å². The fourth-order valence-electron chi connectivity index (χ4n) is 10.0. The normalized spacial score (nSPS) is 37.4. The number of amides is 3. The Balaban J connectivity index is 1.06. The van der Waals surface area contributed by atoms with Crippen molar-refractivity contribution >= 4 is 45.2 Å². The van der Waals surface area contributed by atoms with Crippen LogP contribution < -0.4 is 16.4 Å². The highest BCUT2D eigenvalue weighted by Crippen LogP contribution is 2.71. The molecule has 4 heterocycles. The van der Waals surface area contributed by atoms with E-state index in [1.54, 1.807) is 23.2 Å². The molecule has 5 aliphatic carbocycles. The maximum absolute atomic E-state index is 14.2. The zero-order valence-corrected chi connectivity index (χ0v) is 24.5. The smallest absolute Gasteiger partial charge is 0.243 e. The molecular weight excluding hydrogens is 552 g/mol. The van der Waals surface area contributed by atoms with Gasteiger partial charge < -0.3 is 21.3 Å². The molecule has 5 saturated carbocycles. The Bertz CT molecular complexity index is 1430. The number of nitrogens with zero attached hydrogens (tertiary/aromatic N) is 3. The Labute approximate surface area is 248 Å². The summed E-state index contributed by atoms with van der Waals surface area (Å²) in [6.45, 7) is 1.11. The summed E-state index contributed by atoms with van der Waals surface area (Å²) in [5.74, 6) is 1.10. The van der Waals surface area contributed by atoms with Gasteiger partial charge in [0.15, 0.2) is 5.01 Å². The first-order valence-electron chi connectivity index (χ1n) is 15.7. The molecule has 2 aliphatic heterocycles. The van der Waals surface area contributed by atoms with E-state index in [1.807, 2.05) is 0 Å². The zero-order valence-electron chi connectivity index (χ0n) is 23.7. The molecule has 10 nitrogen and oxygen atoms in total. The van der Waals surface area contributed by atoms with Crippen molar-refractivity contribution in [2.75, 3.05) is 13.1 Å². The monoisotopic (exact) mass is 590 g/mol. The molecule has 7 fully saturated rings. The summed E-state index contributed by atoms with van der Waals surface area (Å²) in [4.78, 5) is 66.0. The van der Waals surface area contributed by atoms with Gasteiger partial charge in [-0.1, -0.05) is 17.8 Å². The topological polar surface area (TPSA) is 147 Å². The Hall–Kier alpha value is -2.92. The summed E-state index contributed by atoms with van der Waals surface area (Å²) < 4.78 is 0. The molecule has 2 aromatic heterocycles. The quantitative estimate of drug-likeness (QED) is 0.400. The van der Waals surface area contributed by atoms with Gasteiger partial charge in [-0.15, -0.1) is 0 Å². The average Bonchev–Trinajstić information content (AvgIpc) is 3.82. The number of carbonyl (C=O) groups excluding carboxylic acids is 4. The van der Waals surface area contributed by atoms with Crippen molar-refractivity contribution in [2.45, 2.75) is 75.9 Å². The minimum absolute atomic E-state index is 0.0596. The molecular formula is C31H38N6O4S. The number of hydrogen-bond acceptors (Lipinski definition) is 8. The van der Waals surface area contributed by atoms with Gasteiger partial charge in [0.05, 0.1) is 12.1 Å². The van der Waals surface area contributed by atoms with Crippen LogP contribution in [-0.2, 0) is 14.4 Å². The van der Waals surface area contributed by atoms with Crippen LogP contribution in [0.4, 0.5) is 0 Å². The molecule has 9 rings (SSSR count). The Morgan fingerprint density at radius 1 is 1.17 bits per heavy atom. The molecule has 3 unspecified atom stereocenters. The second-order valence-electron chi connectivity index (χ2n) is 13.9. The standard InChI is InChI=1S/C31H38N6O4S/c32-25(31-12-17-9-19(31)10-18(17)13-31)30(41)37-14-16-3-1-4-20(16)23(37)27(40)35-22(11-15-6-8-33-26(15)39)24(38)29-36-21-5-2-7-34-28(21)42-29/h2,5,7,15-20,22-23,25H,1,3-4,6,8-14,32H2,(H,33,39)(H,35,40)/t15-,16-,17?,18?,19?,20-,22-,23-,25?,31?/m0/s1. The van der Waals surface area contributed by atoms with Crippen LogP contribution in [-0.4, -0.2) is 69.6 Å². The Morgan fingerprint density at radius 2 is 1.98 bits per heavy atom. The predicted octanol–water partition coefficient (Wildman–Crippen LogP) is 2.28. The second-order valence-corrected chi connectivity index (χ2v) is 14.9. The van der Waals surface area contributed by atoms with Crippen molar-refractivity contribution in [1.29, 1.82) is 0 Å². The fourth-order valence-corrected chi connectivity index (χ4v) is 10.9. The third-order valence-electron chi connectivity index (χ3n) is 12.0. The maximum atomic E-state index is 14.2.